The molecule has 1 aliphatic rings. The normalized spacial score (nSPS) is 12.4. The van der Waals surface area contributed by atoms with Crippen molar-refractivity contribution in [1.82, 2.24) is 10.3 Å². The number of benzene rings is 2. The fourth-order valence-electron chi connectivity index (χ4n) is 2.97. The van der Waals surface area contributed by atoms with Crippen LogP contribution in [0.1, 0.15) is 16.7 Å². The van der Waals surface area contributed by atoms with Crippen LogP contribution >= 0.6 is 0 Å². The molecule has 29 heavy (non-hydrogen) atoms. The van der Waals surface area contributed by atoms with Crippen LogP contribution in [0.5, 0.6) is 17.4 Å². The number of carbonyl (C=O) groups excluding carboxylic acids is 1. The lowest BCUT2D eigenvalue weighted by Gasteiger charge is -2.07. The minimum absolute atomic E-state index is 0.195. The summed E-state index contributed by atoms with van der Waals surface area (Å²) in [5.74, 6) is 1.26. The third kappa shape index (κ3) is 4.99. The Morgan fingerprint density at radius 2 is 2.03 bits per heavy atom. The minimum Gasteiger partial charge on any atom is -0.493 e. The van der Waals surface area contributed by atoms with E-state index in [2.05, 4.69) is 10.3 Å². The van der Waals surface area contributed by atoms with Crippen LogP contribution in [-0.2, 0) is 17.8 Å². The molecule has 2 aromatic carbocycles. The largest absolute Gasteiger partial charge is 0.493 e. The first-order valence-corrected chi connectivity index (χ1v) is 9.26. The van der Waals surface area contributed by atoms with Gasteiger partial charge in [-0.1, -0.05) is 6.07 Å². The molecule has 0 aliphatic carbocycles. The van der Waals surface area contributed by atoms with Crippen molar-refractivity contribution in [3.05, 3.63) is 89.4 Å². The summed E-state index contributed by atoms with van der Waals surface area (Å²) in [7, 11) is 0. The molecule has 0 unspecified atom stereocenters. The van der Waals surface area contributed by atoms with Crippen molar-refractivity contribution < 1.29 is 18.7 Å². The number of ether oxygens (including phenoxy) is 2. The molecule has 0 spiro atoms. The lowest BCUT2D eigenvalue weighted by atomic mass is 10.1. The maximum Gasteiger partial charge on any atom is 0.244 e. The maximum atomic E-state index is 13.0. The average molecular weight is 390 g/mol. The topological polar surface area (TPSA) is 60.5 Å². The summed E-state index contributed by atoms with van der Waals surface area (Å²) in [6, 6.07) is 15.1. The molecule has 1 N–H and O–H groups in total. The Morgan fingerprint density at radius 1 is 1.17 bits per heavy atom. The summed E-state index contributed by atoms with van der Waals surface area (Å²) in [5.41, 5.74) is 2.97. The zero-order valence-corrected chi connectivity index (χ0v) is 15.6. The van der Waals surface area contributed by atoms with Crippen molar-refractivity contribution in [1.29, 1.82) is 0 Å². The van der Waals surface area contributed by atoms with E-state index in [0.717, 1.165) is 28.9 Å². The van der Waals surface area contributed by atoms with Gasteiger partial charge in [-0.2, -0.15) is 0 Å². The van der Waals surface area contributed by atoms with Crippen LogP contribution in [0.3, 0.4) is 0 Å². The number of rotatable bonds is 6. The molecule has 0 bridgehead atoms. The van der Waals surface area contributed by atoms with Gasteiger partial charge in [0.05, 0.1) is 6.61 Å². The SMILES string of the molecule is O=C(/C=C/c1ccc2c(c1)CCO2)NCc1ccnc(Oc2ccc(F)cc2)c1. The molecule has 0 saturated heterocycles. The number of pyridine rings is 1. The number of amides is 1. The molecule has 2 heterocycles. The molecule has 6 heteroatoms. The van der Waals surface area contributed by atoms with E-state index >= 15 is 0 Å². The molecule has 5 nitrogen and oxygen atoms in total. The van der Waals surface area contributed by atoms with Gasteiger partial charge in [0.2, 0.25) is 11.8 Å². The van der Waals surface area contributed by atoms with Gasteiger partial charge in [-0.25, -0.2) is 9.37 Å². The van der Waals surface area contributed by atoms with Crippen molar-refractivity contribution in [3.63, 3.8) is 0 Å². The molecule has 0 saturated carbocycles. The highest BCUT2D eigenvalue weighted by Gasteiger charge is 2.11. The van der Waals surface area contributed by atoms with Gasteiger partial charge in [0.15, 0.2) is 0 Å². The van der Waals surface area contributed by atoms with Gasteiger partial charge in [-0.05, 0) is 65.2 Å². The highest BCUT2D eigenvalue weighted by molar-refractivity contribution is 5.91. The van der Waals surface area contributed by atoms with Gasteiger partial charge in [-0.15, -0.1) is 0 Å². The second-order valence-electron chi connectivity index (χ2n) is 6.58. The van der Waals surface area contributed by atoms with Gasteiger partial charge in [0.25, 0.3) is 0 Å². The second-order valence-corrected chi connectivity index (χ2v) is 6.58. The van der Waals surface area contributed by atoms with E-state index < -0.39 is 0 Å². The summed E-state index contributed by atoms with van der Waals surface area (Å²) in [4.78, 5) is 16.3. The molecule has 1 aromatic heterocycles. The molecule has 146 valence electrons. The molecular formula is C23H19FN2O3. The summed E-state index contributed by atoms with van der Waals surface area (Å²) in [5, 5.41) is 2.84. The van der Waals surface area contributed by atoms with E-state index in [1.54, 1.807) is 24.4 Å². The Bertz CT molecular complexity index is 1050. The van der Waals surface area contributed by atoms with Crippen molar-refractivity contribution >= 4 is 12.0 Å². The van der Waals surface area contributed by atoms with E-state index in [1.165, 1.54) is 30.3 Å². The highest BCUT2D eigenvalue weighted by atomic mass is 19.1. The minimum atomic E-state index is -0.331. The Labute approximate surface area is 167 Å². The lowest BCUT2D eigenvalue weighted by Crippen LogP contribution is -2.20. The zero-order valence-electron chi connectivity index (χ0n) is 15.6. The number of nitrogens with zero attached hydrogens (tertiary/aromatic N) is 1. The Hall–Kier alpha value is -3.67. The predicted molar refractivity (Wildman–Crippen MR) is 107 cm³/mol. The van der Waals surface area contributed by atoms with E-state index in [1.807, 2.05) is 18.2 Å². The molecule has 1 amide bonds. The van der Waals surface area contributed by atoms with Gasteiger partial charge in [-0.3, -0.25) is 4.79 Å². The fourth-order valence-corrected chi connectivity index (χ4v) is 2.97. The summed E-state index contributed by atoms with van der Waals surface area (Å²) in [6.07, 6.45) is 5.79. The van der Waals surface area contributed by atoms with Crippen molar-refractivity contribution in [3.8, 4) is 17.4 Å². The maximum absolute atomic E-state index is 13.0. The average Bonchev–Trinajstić information content (AvgIpc) is 3.21. The molecule has 3 aromatic rings. The first-order chi connectivity index (χ1) is 14.2. The smallest absolute Gasteiger partial charge is 0.244 e. The number of carbonyl (C=O) groups is 1. The number of hydrogen-bond donors (Lipinski definition) is 1. The Morgan fingerprint density at radius 3 is 2.90 bits per heavy atom. The first-order valence-electron chi connectivity index (χ1n) is 9.26. The molecular weight excluding hydrogens is 371 g/mol. The number of hydrogen-bond acceptors (Lipinski definition) is 4. The lowest BCUT2D eigenvalue weighted by molar-refractivity contribution is -0.116. The van der Waals surface area contributed by atoms with Gasteiger partial charge < -0.3 is 14.8 Å². The standard InChI is InChI=1S/C23H19FN2O3/c24-19-3-5-20(6-4-19)29-23-14-17(9-11-25-23)15-26-22(27)8-2-16-1-7-21-18(13-16)10-12-28-21/h1-9,11,13-14H,10,12,15H2,(H,26,27)/b8-2+. The third-order valence-electron chi connectivity index (χ3n) is 4.44. The third-order valence-corrected chi connectivity index (χ3v) is 4.44. The van der Waals surface area contributed by atoms with Crippen molar-refractivity contribution in [2.45, 2.75) is 13.0 Å². The highest BCUT2D eigenvalue weighted by Crippen LogP contribution is 2.26. The van der Waals surface area contributed by atoms with Crippen LogP contribution in [0.4, 0.5) is 4.39 Å². The number of halogens is 1. The quantitative estimate of drug-likeness (QED) is 0.639. The second kappa shape index (κ2) is 8.56. The van der Waals surface area contributed by atoms with E-state index in [-0.39, 0.29) is 11.7 Å². The number of fused-ring (bicyclic) bond motifs is 1. The van der Waals surface area contributed by atoms with Gasteiger partial charge >= 0.3 is 0 Å². The number of nitrogens with one attached hydrogen (secondary N) is 1. The Balaban J connectivity index is 1.32. The van der Waals surface area contributed by atoms with Crippen molar-refractivity contribution in [2.75, 3.05) is 6.61 Å². The summed E-state index contributed by atoms with van der Waals surface area (Å²) >= 11 is 0. The zero-order chi connectivity index (χ0) is 20.1. The van der Waals surface area contributed by atoms with Crippen LogP contribution in [0.15, 0.2) is 66.9 Å². The van der Waals surface area contributed by atoms with E-state index in [0.29, 0.717) is 24.8 Å². The first kappa shape index (κ1) is 18.7. The monoisotopic (exact) mass is 390 g/mol. The van der Waals surface area contributed by atoms with E-state index in [9.17, 15) is 9.18 Å². The fraction of sp³-hybridized carbons (Fsp3) is 0.130. The van der Waals surface area contributed by atoms with E-state index in [4.69, 9.17) is 9.47 Å². The molecule has 0 fully saturated rings. The molecule has 4 rings (SSSR count). The molecule has 0 radical (unpaired) electrons. The predicted octanol–water partition coefficient (Wildman–Crippen LogP) is 4.28. The summed E-state index contributed by atoms with van der Waals surface area (Å²) in [6.45, 7) is 1.05. The van der Waals surface area contributed by atoms with Crippen LogP contribution in [0, 0.1) is 5.82 Å². The van der Waals surface area contributed by atoms with Crippen LogP contribution in [0.2, 0.25) is 0 Å². The van der Waals surface area contributed by atoms with Gasteiger partial charge in [0, 0.05) is 31.3 Å². The molecule has 0 atom stereocenters. The number of aromatic nitrogens is 1. The van der Waals surface area contributed by atoms with Crippen LogP contribution < -0.4 is 14.8 Å². The Kier molecular flexibility index (Phi) is 5.52. The molecule has 1 aliphatic heterocycles. The van der Waals surface area contributed by atoms with Crippen LogP contribution in [0.25, 0.3) is 6.08 Å². The van der Waals surface area contributed by atoms with Crippen molar-refractivity contribution in [2.24, 2.45) is 0 Å². The summed E-state index contributed by atoms with van der Waals surface area (Å²) < 4.78 is 24.1. The van der Waals surface area contributed by atoms with Gasteiger partial charge in [0.1, 0.15) is 17.3 Å². The van der Waals surface area contributed by atoms with Crippen LogP contribution in [-0.4, -0.2) is 17.5 Å².